The summed E-state index contributed by atoms with van der Waals surface area (Å²) in [6.45, 7) is 3.73. The van der Waals surface area contributed by atoms with Crippen LogP contribution in [0.15, 0.2) is 11.2 Å². The molecule has 2 rings (SSSR count). The SMILES string of the molecule is CCOC(=O)c1cn[nH]c1S(=O)(=O)N1CCNCC1. The molecular formula is C10H16N4O4S. The highest BCUT2D eigenvalue weighted by molar-refractivity contribution is 7.89. The van der Waals surface area contributed by atoms with Gasteiger partial charge in [-0.2, -0.15) is 9.40 Å². The Morgan fingerprint density at radius 2 is 2.16 bits per heavy atom. The number of nitrogens with one attached hydrogen (secondary N) is 2. The number of H-pyrrole nitrogens is 1. The first kappa shape index (κ1) is 14.0. The number of esters is 1. The number of carbonyl (C=O) groups excluding carboxylic acids is 1. The molecule has 1 aliphatic rings. The maximum atomic E-state index is 12.4. The molecule has 1 fully saturated rings. The maximum absolute atomic E-state index is 12.4. The van der Waals surface area contributed by atoms with Crippen LogP contribution in [0.1, 0.15) is 17.3 Å². The van der Waals surface area contributed by atoms with Gasteiger partial charge in [-0.25, -0.2) is 13.2 Å². The molecule has 8 nitrogen and oxygen atoms in total. The highest BCUT2D eigenvalue weighted by Gasteiger charge is 2.32. The normalized spacial score (nSPS) is 17.3. The molecule has 0 aromatic carbocycles. The lowest BCUT2D eigenvalue weighted by Gasteiger charge is -2.26. The Morgan fingerprint density at radius 1 is 1.47 bits per heavy atom. The largest absolute Gasteiger partial charge is 0.462 e. The van der Waals surface area contributed by atoms with E-state index in [4.69, 9.17) is 4.74 Å². The van der Waals surface area contributed by atoms with Crippen molar-refractivity contribution in [1.29, 1.82) is 0 Å². The number of hydrogen-bond donors (Lipinski definition) is 2. The van der Waals surface area contributed by atoms with Gasteiger partial charge in [0.15, 0.2) is 5.03 Å². The second-order valence-corrected chi connectivity index (χ2v) is 5.86. The first-order valence-corrected chi connectivity index (χ1v) is 7.42. The minimum Gasteiger partial charge on any atom is -0.462 e. The summed E-state index contributed by atoms with van der Waals surface area (Å²) in [5.41, 5.74) is -0.0552. The Balaban J connectivity index is 2.30. The number of piperazine rings is 1. The average molecular weight is 288 g/mol. The van der Waals surface area contributed by atoms with Gasteiger partial charge in [0.25, 0.3) is 10.0 Å². The molecule has 0 saturated carbocycles. The second kappa shape index (κ2) is 5.68. The van der Waals surface area contributed by atoms with Gasteiger partial charge in [-0.3, -0.25) is 5.10 Å². The van der Waals surface area contributed by atoms with Gasteiger partial charge >= 0.3 is 5.97 Å². The van der Waals surface area contributed by atoms with Gasteiger partial charge in [0.1, 0.15) is 5.56 Å². The minimum absolute atomic E-state index is 0.0552. The van der Waals surface area contributed by atoms with Crippen LogP contribution >= 0.6 is 0 Å². The third-order valence-corrected chi connectivity index (χ3v) is 4.65. The molecule has 0 atom stereocenters. The summed E-state index contributed by atoms with van der Waals surface area (Å²) in [6.07, 6.45) is 1.17. The monoisotopic (exact) mass is 288 g/mol. The van der Waals surface area contributed by atoms with Gasteiger partial charge in [0, 0.05) is 26.2 Å². The highest BCUT2D eigenvalue weighted by atomic mass is 32.2. The van der Waals surface area contributed by atoms with E-state index in [1.54, 1.807) is 6.92 Å². The van der Waals surface area contributed by atoms with Crippen molar-refractivity contribution < 1.29 is 17.9 Å². The van der Waals surface area contributed by atoms with Crippen molar-refractivity contribution in [3.63, 3.8) is 0 Å². The van der Waals surface area contributed by atoms with Crippen LogP contribution in [0.3, 0.4) is 0 Å². The van der Waals surface area contributed by atoms with Crippen LogP contribution < -0.4 is 5.32 Å². The maximum Gasteiger partial charge on any atom is 0.342 e. The Bertz CT molecular complexity index is 548. The molecule has 0 unspecified atom stereocenters. The van der Waals surface area contributed by atoms with E-state index in [2.05, 4.69) is 15.5 Å². The molecule has 106 valence electrons. The number of aromatic amines is 1. The van der Waals surface area contributed by atoms with Gasteiger partial charge < -0.3 is 10.1 Å². The van der Waals surface area contributed by atoms with E-state index in [9.17, 15) is 13.2 Å². The summed E-state index contributed by atoms with van der Waals surface area (Å²) in [4.78, 5) is 11.7. The van der Waals surface area contributed by atoms with Crippen molar-refractivity contribution in [1.82, 2.24) is 19.8 Å². The van der Waals surface area contributed by atoms with Crippen LogP contribution in [0.2, 0.25) is 0 Å². The standard InChI is InChI=1S/C10H16N4O4S/c1-2-18-10(15)8-7-12-13-9(8)19(16,17)14-5-3-11-4-6-14/h7,11H,2-6H2,1H3,(H,12,13). The fraction of sp³-hybridized carbons (Fsp3) is 0.600. The van der Waals surface area contributed by atoms with Crippen LogP contribution in [-0.4, -0.2) is 61.7 Å². The summed E-state index contributed by atoms with van der Waals surface area (Å²) in [6, 6.07) is 0. The summed E-state index contributed by atoms with van der Waals surface area (Å²) in [5, 5.41) is 8.89. The topological polar surface area (TPSA) is 104 Å². The van der Waals surface area contributed by atoms with Crippen molar-refractivity contribution in [2.75, 3.05) is 32.8 Å². The van der Waals surface area contributed by atoms with Crippen LogP contribution in [0, 0.1) is 0 Å². The quantitative estimate of drug-likeness (QED) is 0.702. The van der Waals surface area contributed by atoms with E-state index in [1.807, 2.05) is 0 Å². The number of rotatable bonds is 4. The van der Waals surface area contributed by atoms with Gasteiger partial charge in [0.2, 0.25) is 0 Å². The van der Waals surface area contributed by atoms with Crippen LogP contribution in [0.4, 0.5) is 0 Å². The van der Waals surface area contributed by atoms with E-state index >= 15 is 0 Å². The zero-order valence-electron chi connectivity index (χ0n) is 10.5. The van der Waals surface area contributed by atoms with Crippen molar-refractivity contribution >= 4 is 16.0 Å². The van der Waals surface area contributed by atoms with Gasteiger partial charge in [-0.1, -0.05) is 0 Å². The summed E-state index contributed by atoms with van der Waals surface area (Å²) >= 11 is 0. The van der Waals surface area contributed by atoms with Crippen molar-refractivity contribution in [3.8, 4) is 0 Å². The fourth-order valence-corrected chi connectivity index (χ4v) is 3.34. The van der Waals surface area contributed by atoms with Crippen molar-refractivity contribution in [3.05, 3.63) is 11.8 Å². The molecule has 1 saturated heterocycles. The van der Waals surface area contributed by atoms with Gasteiger partial charge in [-0.15, -0.1) is 0 Å². The van der Waals surface area contributed by atoms with Gasteiger partial charge in [-0.05, 0) is 6.92 Å². The lowest BCUT2D eigenvalue weighted by molar-refractivity contribution is 0.0521. The van der Waals surface area contributed by atoms with Crippen LogP contribution in [-0.2, 0) is 14.8 Å². The Kier molecular flexibility index (Phi) is 4.17. The fourth-order valence-electron chi connectivity index (χ4n) is 1.84. The van der Waals surface area contributed by atoms with Crippen LogP contribution in [0.25, 0.3) is 0 Å². The first-order chi connectivity index (χ1) is 9.07. The van der Waals surface area contributed by atoms with E-state index in [0.29, 0.717) is 26.2 Å². The molecule has 0 radical (unpaired) electrons. The van der Waals surface area contributed by atoms with Crippen molar-refractivity contribution in [2.45, 2.75) is 11.9 Å². The molecule has 1 aliphatic heterocycles. The van der Waals surface area contributed by atoms with Gasteiger partial charge in [0.05, 0.1) is 12.8 Å². The van der Waals surface area contributed by atoms with Crippen molar-refractivity contribution in [2.24, 2.45) is 0 Å². The number of aromatic nitrogens is 2. The minimum atomic E-state index is -3.74. The predicted octanol–water partition coefficient (Wildman–Crippen LogP) is -0.820. The molecule has 19 heavy (non-hydrogen) atoms. The molecule has 9 heteroatoms. The molecule has 2 heterocycles. The summed E-state index contributed by atoms with van der Waals surface area (Å²) in [5.74, 6) is -0.690. The third kappa shape index (κ3) is 2.77. The molecule has 0 amide bonds. The average Bonchev–Trinajstić information content (AvgIpc) is 2.90. The van der Waals surface area contributed by atoms with E-state index in [0.717, 1.165) is 0 Å². The summed E-state index contributed by atoms with van der Waals surface area (Å²) in [7, 11) is -3.74. The van der Waals surface area contributed by atoms with E-state index < -0.39 is 16.0 Å². The number of carbonyl (C=O) groups is 1. The predicted molar refractivity (Wildman–Crippen MR) is 66.2 cm³/mol. The number of nitrogens with zero attached hydrogens (tertiary/aromatic N) is 2. The Hall–Kier alpha value is -1.45. The molecule has 0 bridgehead atoms. The Morgan fingerprint density at radius 3 is 2.79 bits per heavy atom. The lowest BCUT2D eigenvalue weighted by Crippen LogP contribution is -2.46. The zero-order chi connectivity index (χ0) is 13.9. The zero-order valence-corrected chi connectivity index (χ0v) is 11.4. The highest BCUT2D eigenvalue weighted by Crippen LogP contribution is 2.18. The smallest absolute Gasteiger partial charge is 0.342 e. The molecule has 2 N–H and O–H groups in total. The molecule has 1 aromatic rings. The number of ether oxygens (including phenoxy) is 1. The third-order valence-electron chi connectivity index (χ3n) is 2.77. The Labute approximate surface area is 111 Å². The second-order valence-electron chi connectivity index (χ2n) is 3.99. The summed E-state index contributed by atoms with van der Waals surface area (Å²) < 4.78 is 30.9. The molecule has 0 spiro atoms. The molecule has 0 aliphatic carbocycles. The first-order valence-electron chi connectivity index (χ1n) is 5.98. The molecular weight excluding hydrogens is 272 g/mol. The van der Waals surface area contributed by atoms with E-state index in [-0.39, 0.29) is 17.2 Å². The lowest BCUT2D eigenvalue weighted by atomic mass is 10.4. The van der Waals surface area contributed by atoms with E-state index in [1.165, 1.54) is 10.5 Å². The number of sulfonamides is 1. The number of hydrogen-bond acceptors (Lipinski definition) is 6. The molecule has 1 aromatic heterocycles. The van der Waals surface area contributed by atoms with Crippen LogP contribution in [0.5, 0.6) is 0 Å².